The summed E-state index contributed by atoms with van der Waals surface area (Å²) < 4.78 is 3.35. The zero-order valence-corrected chi connectivity index (χ0v) is 20.8. The SMILES string of the molecule is CCl.CCl.O=c1c2ccc3c4c(ccc(c24)c2nc4ccccc4n12)c(=O)n1c2ccccc2nc31. The van der Waals surface area contributed by atoms with Crippen molar-refractivity contribution < 1.29 is 0 Å². The number of para-hydroxylation sites is 4. The van der Waals surface area contributed by atoms with Gasteiger partial charge in [-0.25, -0.2) is 9.97 Å². The molecule has 0 bridgehead atoms. The number of imidazole rings is 2. The van der Waals surface area contributed by atoms with E-state index in [-0.39, 0.29) is 11.1 Å². The van der Waals surface area contributed by atoms with Crippen LogP contribution in [0.15, 0.2) is 82.4 Å². The largest absolute Gasteiger partial charge is 0.268 e. The van der Waals surface area contributed by atoms with Gasteiger partial charge in [0.25, 0.3) is 11.1 Å². The summed E-state index contributed by atoms with van der Waals surface area (Å²) in [5, 5.41) is 4.42. The average Bonchev–Trinajstić information content (AvgIpc) is 3.52. The van der Waals surface area contributed by atoms with Crippen LogP contribution in [0, 0.1) is 0 Å². The van der Waals surface area contributed by atoms with Crippen LogP contribution in [0.3, 0.4) is 0 Å². The molecule has 0 spiro atoms. The third-order valence-electron chi connectivity index (χ3n) is 6.63. The fourth-order valence-electron chi connectivity index (χ4n) is 5.29. The number of hydrogen-bond acceptors (Lipinski definition) is 4. The van der Waals surface area contributed by atoms with Crippen molar-refractivity contribution in [2.75, 3.05) is 12.8 Å². The molecule has 0 N–H and O–H groups in total. The Hall–Kier alpha value is -4.00. The zero-order valence-electron chi connectivity index (χ0n) is 19.3. The Morgan fingerprint density at radius 1 is 0.528 bits per heavy atom. The Morgan fingerprint density at radius 3 is 1.31 bits per heavy atom. The minimum Gasteiger partial charge on any atom is -0.268 e. The maximum absolute atomic E-state index is 13.6. The highest BCUT2D eigenvalue weighted by Crippen LogP contribution is 2.36. The first-order valence-corrected chi connectivity index (χ1v) is 12.6. The molecule has 176 valence electrons. The van der Waals surface area contributed by atoms with Crippen LogP contribution in [0.25, 0.3) is 65.7 Å². The van der Waals surface area contributed by atoms with Gasteiger partial charge >= 0.3 is 0 Å². The maximum Gasteiger partial charge on any atom is 0.264 e. The van der Waals surface area contributed by atoms with Gasteiger partial charge in [0.1, 0.15) is 11.3 Å². The number of pyridine rings is 2. The van der Waals surface area contributed by atoms with E-state index in [4.69, 9.17) is 9.97 Å². The average molecular weight is 513 g/mol. The summed E-state index contributed by atoms with van der Waals surface area (Å²) in [4.78, 5) is 36.7. The quantitative estimate of drug-likeness (QED) is 0.183. The molecule has 0 radical (unpaired) electrons. The monoisotopic (exact) mass is 512 g/mol. The van der Waals surface area contributed by atoms with Crippen molar-refractivity contribution in [3.8, 4) is 0 Å². The van der Waals surface area contributed by atoms with E-state index in [1.165, 1.54) is 12.8 Å². The lowest BCUT2D eigenvalue weighted by Gasteiger charge is -2.12. The van der Waals surface area contributed by atoms with Crippen molar-refractivity contribution in [3.63, 3.8) is 0 Å². The van der Waals surface area contributed by atoms with Gasteiger partial charge in [0, 0.05) is 45.1 Å². The summed E-state index contributed by atoms with van der Waals surface area (Å²) >= 11 is 9.28. The minimum atomic E-state index is -0.128. The molecule has 36 heavy (non-hydrogen) atoms. The van der Waals surface area contributed by atoms with Crippen molar-refractivity contribution in [1.29, 1.82) is 0 Å². The minimum absolute atomic E-state index is 0.128. The van der Waals surface area contributed by atoms with Gasteiger partial charge in [-0.2, -0.15) is 0 Å². The first-order valence-electron chi connectivity index (χ1n) is 11.1. The lowest BCUT2D eigenvalue weighted by Crippen LogP contribution is -2.16. The summed E-state index contributed by atoms with van der Waals surface area (Å²) in [5.41, 5.74) is 4.07. The Kier molecular flexibility index (Phi) is 5.18. The van der Waals surface area contributed by atoms with Crippen LogP contribution in [0.4, 0.5) is 0 Å². The third kappa shape index (κ3) is 2.74. The highest BCUT2D eigenvalue weighted by molar-refractivity contribution is 6.27. The first kappa shape index (κ1) is 22.5. The molecule has 0 atom stereocenters. The van der Waals surface area contributed by atoms with Gasteiger partial charge in [-0.3, -0.25) is 18.4 Å². The smallest absolute Gasteiger partial charge is 0.264 e. The molecule has 0 saturated heterocycles. The molecule has 4 aromatic heterocycles. The lowest BCUT2D eigenvalue weighted by molar-refractivity contribution is 1.18. The summed E-state index contributed by atoms with van der Waals surface area (Å²) in [5.74, 6) is 0. The predicted octanol–water partition coefficient (Wildman–Crippen LogP) is 6.05. The number of fused-ring (bicyclic) bond motifs is 8. The maximum atomic E-state index is 13.6. The van der Waals surface area contributed by atoms with E-state index in [0.29, 0.717) is 22.1 Å². The fourth-order valence-corrected chi connectivity index (χ4v) is 5.29. The molecule has 6 nitrogen and oxygen atoms in total. The van der Waals surface area contributed by atoms with Gasteiger partial charge in [-0.05, 0) is 48.5 Å². The molecule has 8 aromatic rings. The van der Waals surface area contributed by atoms with Crippen LogP contribution >= 0.6 is 23.2 Å². The van der Waals surface area contributed by atoms with E-state index in [1.54, 1.807) is 8.80 Å². The number of benzene rings is 4. The van der Waals surface area contributed by atoms with Gasteiger partial charge in [-0.1, -0.05) is 24.3 Å². The Morgan fingerprint density at radius 2 is 0.889 bits per heavy atom. The second-order valence-electron chi connectivity index (χ2n) is 8.20. The Labute approximate surface area is 213 Å². The predicted molar refractivity (Wildman–Crippen MR) is 150 cm³/mol. The van der Waals surface area contributed by atoms with Crippen LogP contribution in [-0.4, -0.2) is 31.5 Å². The van der Waals surface area contributed by atoms with Crippen molar-refractivity contribution in [2.45, 2.75) is 0 Å². The molecular formula is C28H18Cl2N4O2. The van der Waals surface area contributed by atoms with Crippen LogP contribution in [0.1, 0.15) is 0 Å². The highest BCUT2D eigenvalue weighted by Gasteiger charge is 2.21. The van der Waals surface area contributed by atoms with E-state index in [1.807, 2.05) is 72.8 Å². The number of rotatable bonds is 0. The van der Waals surface area contributed by atoms with Crippen molar-refractivity contribution in [2.24, 2.45) is 0 Å². The third-order valence-corrected chi connectivity index (χ3v) is 6.63. The van der Waals surface area contributed by atoms with E-state index in [0.717, 1.165) is 43.6 Å². The van der Waals surface area contributed by atoms with Gasteiger partial charge in [0.05, 0.1) is 22.1 Å². The molecule has 0 aliphatic carbocycles. The molecule has 0 saturated carbocycles. The normalized spacial score (nSPS) is 11.6. The van der Waals surface area contributed by atoms with Gasteiger partial charge in [0.2, 0.25) is 0 Å². The van der Waals surface area contributed by atoms with Gasteiger partial charge < -0.3 is 0 Å². The molecule has 0 unspecified atom stereocenters. The van der Waals surface area contributed by atoms with Crippen molar-refractivity contribution in [1.82, 2.24) is 18.8 Å². The van der Waals surface area contributed by atoms with Crippen LogP contribution in [0.5, 0.6) is 0 Å². The van der Waals surface area contributed by atoms with Gasteiger partial charge in [0.15, 0.2) is 0 Å². The summed E-state index contributed by atoms with van der Waals surface area (Å²) in [6.45, 7) is 0. The lowest BCUT2D eigenvalue weighted by atomic mass is 9.96. The van der Waals surface area contributed by atoms with Crippen LogP contribution in [0.2, 0.25) is 0 Å². The first-order chi connectivity index (χ1) is 17.7. The highest BCUT2D eigenvalue weighted by atomic mass is 35.5. The van der Waals surface area contributed by atoms with Crippen LogP contribution in [-0.2, 0) is 0 Å². The van der Waals surface area contributed by atoms with Crippen molar-refractivity contribution >= 4 is 88.9 Å². The molecule has 8 rings (SSSR count). The van der Waals surface area contributed by atoms with E-state index < -0.39 is 0 Å². The number of hydrogen-bond donors (Lipinski definition) is 0. The zero-order chi connectivity index (χ0) is 25.1. The molecule has 4 heterocycles. The summed E-state index contributed by atoms with van der Waals surface area (Å²) in [6.07, 6.45) is 2.94. The second kappa shape index (κ2) is 8.29. The number of halogens is 2. The number of alkyl halides is 2. The van der Waals surface area contributed by atoms with E-state index in [2.05, 4.69) is 23.2 Å². The van der Waals surface area contributed by atoms with E-state index in [9.17, 15) is 9.59 Å². The molecule has 0 aliphatic heterocycles. The number of aromatic nitrogens is 4. The summed E-state index contributed by atoms with van der Waals surface area (Å²) in [7, 11) is 0. The Bertz CT molecular complexity index is 2040. The molecule has 4 aromatic carbocycles. The number of nitrogens with zero attached hydrogens (tertiary/aromatic N) is 4. The molecule has 0 aliphatic rings. The molecular weight excluding hydrogens is 495 g/mol. The topological polar surface area (TPSA) is 68.7 Å². The second-order valence-corrected chi connectivity index (χ2v) is 8.20. The standard InChI is InChI=1S/C26H12N4O2.2CH3Cl/c31-25-15-12-10-14-22-16(26(32)30-20-8-4-2-6-18(20)28-24(14)30)11-9-13(21(15)22)23-27-17-5-1-3-7-19(17)29(23)25;2*1-2/h1-12H;2*1H3. The van der Waals surface area contributed by atoms with Crippen LogP contribution < -0.4 is 11.1 Å². The van der Waals surface area contributed by atoms with Gasteiger partial charge in [-0.15, -0.1) is 23.2 Å². The van der Waals surface area contributed by atoms with Crippen molar-refractivity contribution in [3.05, 3.63) is 93.5 Å². The fraction of sp³-hybridized carbons (Fsp3) is 0.0714. The van der Waals surface area contributed by atoms with E-state index >= 15 is 0 Å². The Balaban J connectivity index is 0.000000575. The summed E-state index contributed by atoms with van der Waals surface area (Å²) in [6, 6.07) is 22.8. The molecule has 8 heteroatoms. The molecule has 0 amide bonds. The molecule has 0 fully saturated rings.